The summed E-state index contributed by atoms with van der Waals surface area (Å²) >= 11 is 0. The fourth-order valence-corrected chi connectivity index (χ4v) is 3.20. The van der Waals surface area contributed by atoms with Crippen molar-refractivity contribution < 1.29 is 14.3 Å². The molecular formula is C18H23N3O3. The van der Waals surface area contributed by atoms with Gasteiger partial charge in [0.2, 0.25) is 0 Å². The highest BCUT2D eigenvalue weighted by molar-refractivity contribution is 6.05. The third-order valence-corrected chi connectivity index (χ3v) is 4.49. The number of carbonyl (C=O) groups excluding carboxylic acids is 1. The second-order valence-corrected chi connectivity index (χ2v) is 5.97. The molecule has 0 aliphatic heterocycles. The number of carbonyl (C=O) groups is 1. The van der Waals surface area contributed by atoms with Gasteiger partial charge in [0.15, 0.2) is 0 Å². The van der Waals surface area contributed by atoms with Crippen molar-refractivity contribution >= 4 is 11.7 Å². The van der Waals surface area contributed by atoms with Gasteiger partial charge in [-0.15, -0.1) is 0 Å². The minimum absolute atomic E-state index is 0.216. The number of nitrogens with zero attached hydrogens (tertiary/aromatic N) is 2. The lowest BCUT2D eigenvalue weighted by atomic mass is 9.96. The minimum atomic E-state index is -0.216. The van der Waals surface area contributed by atoms with Crippen LogP contribution < -0.4 is 14.8 Å². The van der Waals surface area contributed by atoms with Crippen LogP contribution in [0.2, 0.25) is 0 Å². The molecule has 1 heterocycles. The first-order valence-electron chi connectivity index (χ1n) is 8.30. The summed E-state index contributed by atoms with van der Waals surface area (Å²) in [6.45, 7) is 0. The van der Waals surface area contributed by atoms with Crippen LogP contribution in [0.3, 0.4) is 0 Å². The molecule has 2 aromatic rings. The smallest absolute Gasteiger partial charge is 0.260 e. The summed E-state index contributed by atoms with van der Waals surface area (Å²) in [5.74, 6) is 1.64. The Morgan fingerprint density at radius 3 is 2.67 bits per heavy atom. The molecule has 0 bridgehead atoms. The van der Waals surface area contributed by atoms with E-state index in [0.29, 0.717) is 23.1 Å². The van der Waals surface area contributed by atoms with Gasteiger partial charge in [-0.2, -0.15) is 5.10 Å². The molecule has 0 atom stereocenters. The Morgan fingerprint density at radius 2 is 1.96 bits per heavy atom. The van der Waals surface area contributed by atoms with Gasteiger partial charge in [-0.05, 0) is 25.0 Å². The Morgan fingerprint density at radius 1 is 1.17 bits per heavy atom. The molecule has 1 saturated carbocycles. The quantitative estimate of drug-likeness (QED) is 0.909. The summed E-state index contributed by atoms with van der Waals surface area (Å²) in [7, 11) is 3.12. The van der Waals surface area contributed by atoms with Crippen LogP contribution in [0.25, 0.3) is 0 Å². The summed E-state index contributed by atoms with van der Waals surface area (Å²) in [6, 6.07) is 7.35. The molecule has 1 aromatic heterocycles. The van der Waals surface area contributed by atoms with Crippen molar-refractivity contribution in [1.29, 1.82) is 0 Å². The van der Waals surface area contributed by atoms with Crippen LogP contribution in [0.15, 0.2) is 30.5 Å². The second-order valence-electron chi connectivity index (χ2n) is 5.97. The fourth-order valence-electron chi connectivity index (χ4n) is 3.20. The molecule has 6 nitrogen and oxygen atoms in total. The Kier molecular flexibility index (Phi) is 5.03. The van der Waals surface area contributed by atoms with Gasteiger partial charge in [-0.1, -0.05) is 19.3 Å². The fraction of sp³-hybridized carbons (Fsp3) is 0.444. The summed E-state index contributed by atoms with van der Waals surface area (Å²) in [6.07, 6.45) is 7.65. The van der Waals surface area contributed by atoms with E-state index in [1.807, 2.05) is 10.7 Å². The number of ether oxygens (including phenoxy) is 2. The molecule has 24 heavy (non-hydrogen) atoms. The predicted molar refractivity (Wildman–Crippen MR) is 91.8 cm³/mol. The van der Waals surface area contributed by atoms with E-state index in [4.69, 9.17) is 9.47 Å². The van der Waals surface area contributed by atoms with Gasteiger partial charge in [-0.25, -0.2) is 4.68 Å². The van der Waals surface area contributed by atoms with E-state index in [1.54, 1.807) is 31.5 Å². The van der Waals surface area contributed by atoms with E-state index in [1.165, 1.54) is 26.4 Å². The number of rotatable bonds is 5. The Labute approximate surface area is 141 Å². The van der Waals surface area contributed by atoms with Crippen molar-refractivity contribution in [2.24, 2.45) is 0 Å². The predicted octanol–water partition coefficient (Wildman–Crippen LogP) is 3.66. The lowest BCUT2D eigenvalue weighted by molar-refractivity contribution is 0.102. The number of benzene rings is 1. The van der Waals surface area contributed by atoms with Crippen LogP contribution in [-0.4, -0.2) is 29.9 Å². The highest BCUT2D eigenvalue weighted by Crippen LogP contribution is 2.30. The SMILES string of the molecule is COc1ccc(C(=O)Nc2ccnn2C2CCCCC2)c(OC)c1. The number of nitrogens with one attached hydrogen (secondary N) is 1. The number of amides is 1. The van der Waals surface area contributed by atoms with Crippen LogP contribution in [0.4, 0.5) is 5.82 Å². The first-order valence-corrected chi connectivity index (χ1v) is 8.30. The summed E-state index contributed by atoms with van der Waals surface area (Å²) < 4.78 is 12.4. The van der Waals surface area contributed by atoms with Crippen molar-refractivity contribution in [2.45, 2.75) is 38.1 Å². The van der Waals surface area contributed by atoms with E-state index in [2.05, 4.69) is 10.4 Å². The molecule has 1 aliphatic carbocycles. The van der Waals surface area contributed by atoms with Gasteiger partial charge < -0.3 is 14.8 Å². The number of hydrogen-bond donors (Lipinski definition) is 1. The maximum atomic E-state index is 12.7. The zero-order valence-electron chi connectivity index (χ0n) is 14.1. The molecule has 128 valence electrons. The highest BCUT2D eigenvalue weighted by Gasteiger charge is 2.20. The van der Waals surface area contributed by atoms with Crippen molar-refractivity contribution in [3.8, 4) is 11.5 Å². The first kappa shape index (κ1) is 16.4. The molecule has 3 rings (SSSR count). The molecule has 1 aromatic carbocycles. The monoisotopic (exact) mass is 329 g/mol. The van der Waals surface area contributed by atoms with Gasteiger partial charge in [-0.3, -0.25) is 4.79 Å². The number of anilines is 1. The average molecular weight is 329 g/mol. The number of aromatic nitrogens is 2. The first-order chi connectivity index (χ1) is 11.7. The second kappa shape index (κ2) is 7.38. The molecule has 0 saturated heterocycles. The van der Waals surface area contributed by atoms with Gasteiger partial charge in [0.1, 0.15) is 17.3 Å². The molecule has 1 fully saturated rings. The van der Waals surface area contributed by atoms with E-state index < -0.39 is 0 Å². The molecule has 0 radical (unpaired) electrons. The summed E-state index contributed by atoms with van der Waals surface area (Å²) in [5.41, 5.74) is 0.467. The zero-order chi connectivity index (χ0) is 16.9. The summed E-state index contributed by atoms with van der Waals surface area (Å²) in [4.78, 5) is 12.7. The van der Waals surface area contributed by atoms with Crippen molar-refractivity contribution in [1.82, 2.24) is 9.78 Å². The zero-order valence-corrected chi connectivity index (χ0v) is 14.1. The van der Waals surface area contributed by atoms with Gasteiger partial charge in [0.05, 0.1) is 32.0 Å². The molecule has 6 heteroatoms. The van der Waals surface area contributed by atoms with Crippen molar-refractivity contribution in [3.05, 3.63) is 36.0 Å². The number of methoxy groups -OCH3 is 2. The third kappa shape index (κ3) is 3.37. The van der Waals surface area contributed by atoms with E-state index in [-0.39, 0.29) is 5.91 Å². The average Bonchev–Trinajstić information content (AvgIpc) is 3.09. The lowest BCUT2D eigenvalue weighted by Crippen LogP contribution is -2.20. The highest BCUT2D eigenvalue weighted by atomic mass is 16.5. The largest absolute Gasteiger partial charge is 0.497 e. The van der Waals surface area contributed by atoms with Crippen LogP contribution in [0.1, 0.15) is 48.5 Å². The molecular weight excluding hydrogens is 306 g/mol. The minimum Gasteiger partial charge on any atom is -0.497 e. The maximum absolute atomic E-state index is 12.7. The van der Waals surface area contributed by atoms with Crippen LogP contribution in [0, 0.1) is 0 Å². The summed E-state index contributed by atoms with van der Waals surface area (Å²) in [5, 5.41) is 7.36. The van der Waals surface area contributed by atoms with E-state index >= 15 is 0 Å². The standard InChI is InChI=1S/C18H23N3O3/c1-23-14-8-9-15(16(12-14)24-2)18(22)20-17-10-11-19-21(17)13-6-4-3-5-7-13/h8-13H,3-7H2,1-2H3,(H,20,22). The molecule has 1 amide bonds. The molecule has 0 spiro atoms. The van der Waals surface area contributed by atoms with Gasteiger partial charge in [0.25, 0.3) is 5.91 Å². The van der Waals surface area contributed by atoms with Crippen LogP contribution in [-0.2, 0) is 0 Å². The van der Waals surface area contributed by atoms with Gasteiger partial charge in [0, 0.05) is 12.1 Å². The Bertz CT molecular complexity index is 705. The van der Waals surface area contributed by atoms with E-state index in [0.717, 1.165) is 18.7 Å². The third-order valence-electron chi connectivity index (χ3n) is 4.49. The van der Waals surface area contributed by atoms with E-state index in [9.17, 15) is 4.79 Å². The Hall–Kier alpha value is -2.50. The van der Waals surface area contributed by atoms with Crippen LogP contribution >= 0.6 is 0 Å². The normalized spacial score (nSPS) is 15.1. The molecule has 1 aliphatic rings. The van der Waals surface area contributed by atoms with Gasteiger partial charge >= 0.3 is 0 Å². The number of hydrogen-bond acceptors (Lipinski definition) is 4. The Balaban J connectivity index is 1.79. The topological polar surface area (TPSA) is 65.4 Å². The lowest BCUT2D eigenvalue weighted by Gasteiger charge is -2.24. The van der Waals surface area contributed by atoms with Crippen molar-refractivity contribution in [2.75, 3.05) is 19.5 Å². The molecule has 1 N–H and O–H groups in total. The van der Waals surface area contributed by atoms with Crippen LogP contribution in [0.5, 0.6) is 11.5 Å². The van der Waals surface area contributed by atoms with Crippen molar-refractivity contribution in [3.63, 3.8) is 0 Å². The molecule has 0 unspecified atom stereocenters. The maximum Gasteiger partial charge on any atom is 0.260 e.